The Kier molecular flexibility index (Phi) is 6.23. The van der Waals surface area contributed by atoms with Crippen LogP contribution >= 0.6 is 0 Å². The number of hydrogen-bond acceptors (Lipinski definition) is 4. The smallest absolute Gasteiger partial charge is 0.164 e. The average molecular weight is 681 g/mol. The summed E-state index contributed by atoms with van der Waals surface area (Å²) in [5.41, 5.74) is 12.7. The lowest BCUT2D eigenvalue weighted by Gasteiger charge is -2.24. The molecule has 0 radical (unpaired) electrons. The summed E-state index contributed by atoms with van der Waals surface area (Å²) in [7, 11) is 0. The Balaban J connectivity index is 1.16. The lowest BCUT2D eigenvalue weighted by molar-refractivity contribution is 0.661. The van der Waals surface area contributed by atoms with Gasteiger partial charge in [0.1, 0.15) is 11.2 Å². The van der Waals surface area contributed by atoms with Gasteiger partial charge in [0.2, 0.25) is 0 Å². The molecule has 0 unspecified atom stereocenters. The summed E-state index contributed by atoms with van der Waals surface area (Å²) in [5.74, 6) is 1.89. The van der Waals surface area contributed by atoms with Crippen molar-refractivity contribution in [2.24, 2.45) is 0 Å². The summed E-state index contributed by atoms with van der Waals surface area (Å²) in [6.45, 7) is 4.60. The summed E-state index contributed by atoms with van der Waals surface area (Å²) < 4.78 is 8.88. The Bertz CT molecular complexity index is 3040. The van der Waals surface area contributed by atoms with Crippen LogP contribution in [0, 0.1) is 0 Å². The first-order valence-corrected chi connectivity index (χ1v) is 18.0. The van der Waals surface area contributed by atoms with Crippen LogP contribution in [0.2, 0.25) is 0 Å². The molecule has 0 saturated carbocycles. The molecule has 0 N–H and O–H groups in total. The molecule has 3 heterocycles. The highest BCUT2D eigenvalue weighted by atomic mass is 16.3. The minimum atomic E-state index is -0.230. The molecule has 0 spiro atoms. The van der Waals surface area contributed by atoms with Crippen molar-refractivity contribution in [3.63, 3.8) is 0 Å². The first-order valence-electron chi connectivity index (χ1n) is 18.0. The zero-order valence-electron chi connectivity index (χ0n) is 29.2. The van der Waals surface area contributed by atoms with Crippen LogP contribution in [0.4, 0.5) is 0 Å². The van der Waals surface area contributed by atoms with Gasteiger partial charge in [0.15, 0.2) is 17.5 Å². The molecule has 5 nitrogen and oxygen atoms in total. The van der Waals surface area contributed by atoms with Crippen LogP contribution in [-0.2, 0) is 5.41 Å². The van der Waals surface area contributed by atoms with Gasteiger partial charge in [-0.25, -0.2) is 15.0 Å². The second kappa shape index (κ2) is 11.1. The summed E-state index contributed by atoms with van der Waals surface area (Å²) in [4.78, 5) is 15.7. The Morgan fingerprint density at radius 1 is 0.472 bits per heavy atom. The highest BCUT2D eigenvalue weighted by Crippen LogP contribution is 2.52. The van der Waals surface area contributed by atoms with Crippen molar-refractivity contribution in [3.05, 3.63) is 169 Å². The van der Waals surface area contributed by atoms with Gasteiger partial charge in [-0.15, -0.1) is 0 Å². The number of benzene rings is 7. The van der Waals surface area contributed by atoms with Gasteiger partial charge in [-0.1, -0.05) is 135 Å². The molecular formula is C48H32N4O. The van der Waals surface area contributed by atoms with E-state index in [-0.39, 0.29) is 5.41 Å². The number of nitrogens with zero attached hydrogens (tertiary/aromatic N) is 4. The number of para-hydroxylation sites is 2. The quantitative estimate of drug-likeness (QED) is 0.186. The largest absolute Gasteiger partial charge is 0.456 e. The molecule has 0 aliphatic heterocycles. The van der Waals surface area contributed by atoms with E-state index in [9.17, 15) is 0 Å². The van der Waals surface area contributed by atoms with E-state index in [1.807, 2.05) is 30.3 Å². The van der Waals surface area contributed by atoms with Crippen molar-refractivity contribution in [1.29, 1.82) is 0 Å². The predicted molar refractivity (Wildman–Crippen MR) is 215 cm³/mol. The van der Waals surface area contributed by atoms with Gasteiger partial charge in [0, 0.05) is 49.3 Å². The normalized spacial score (nSPS) is 13.2. The van der Waals surface area contributed by atoms with E-state index in [0.717, 1.165) is 55.3 Å². The van der Waals surface area contributed by atoms with Crippen LogP contribution in [0.5, 0.6) is 0 Å². The summed E-state index contributed by atoms with van der Waals surface area (Å²) >= 11 is 0. The molecule has 3 aromatic heterocycles. The second-order valence-corrected chi connectivity index (χ2v) is 14.4. The van der Waals surface area contributed by atoms with Crippen molar-refractivity contribution >= 4 is 43.7 Å². The molecule has 1 aliphatic rings. The van der Waals surface area contributed by atoms with E-state index < -0.39 is 0 Å². The SMILES string of the molecule is CC1(C)c2ccccc2-c2cccc(-c3nc(-c4ccccc4)nc(-c4cccc5oc6ccc(-n7c8ccccc8c8ccccc87)cc6c45)n3)c21. The van der Waals surface area contributed by atoms with Crippen molar-refractivity contribution in [2.45, 2.75) is 19.3 Å². The molecule has 11 rings (SSSR count). The first kappa shape index (κ1) is 29.8. The Morgan fingerprint density at radius 3 is 1.87 bits per heavy atom. The van der Waals surface area contributed by atoms with Crippen LogP contribution in [0.3, 0.4) is 0 Å². The van der Waals surface area contributed by atoms with E-state index >= 15 is 0 Å². The molecule has 10 aromatic rings. The van der Waals surface area contributed by atoms with Gasteiger partial charge >= 0.3 is 0 Å². The van der Waals surface area contributed by atoms with Crippen molar-refractivity contribution in [1.82, 2.24) is 19.5 Å². The van der Waals surface area contributed by atoms with Crippen molar-refractivity contribution in [3.8, 4) is 51.0 Å². The van der Waals surface area contributed by atoms with Gasteiger partial charge in [-0.3, -0.25) is 0 Å². The summed E-state index contributed by atoms with van der Waals surface area (Å²) in [6.07, 6.45) is 0. The maximum atomic E-state index is 6.53. The van der Waals surface area contributed by atoms with Gasteiger partial charge in [-0.2, -0.15) is 0 Å². The lowest BCUT2D eigenvalue weighted by atomic mass is 9.80. The predicted octanol–water partition coefficient (Wildman–Crippen LogP) is 12.2. The average Bonchev–Trinajstić information content (AvgIpc) is 3.83. The third-order valence-electron chi connectivity index (χ3n) is 11.0. The van der Waals surface area contributed by atoms with Crippen molar-refractivity contribution < 1.29 is 4.42 Å². The molecule has 5 heteroatoms. The Morgan fingerprint density at radius 2 is 1.08 bits per heavy atom. The number of rotatable bonds is 4. The molecule has 0 fully saturated rings. The topological polar surface area (TPSA) is 56.7 Å². The maximum absolute atomic E-state index is 6.53. The zero-order valence-corrected chi connectivity index (χ0v) is 29.2. The summed E-state index contributed by atoms with van der Waals surface area (Å²) in [5, 5.41) is 4.44. The minimum absolute atomic E-state index is 0.230. The molecule has 1 aliphatic carbocycles. The van der Waals surface area contributed by atoms with Gasteiger partial charge in [0.25, 0.3) is 0 Å². The van der Waals surface area contributed by atoms with Crippen LogP contribution in [-0.4, -0.2) is 19.5 Å². The molecule has 0 amide bonds. The number of aromatic nitrogens is 4. The number of furan rings is 1. The minimum Gasteiger partial charge on any atom is -0.456 e. The molecule has 7 aromatic carbocycles. The van der Waals surface area contributed by atoms with Crippen molar-refractivity contribution in [2.75, 3.05) is 0 Å². The van der Waals surface area contributed by atoms with Gasteiger partial charge < -0.3 is 8.98 Å². The highest BCUT2D eigenvalue weighted by molar-refractivity contribution is 6.13. The fraction of sp³-hybridized carbons (Fsp3) is 0.0625. The maximum Gasteiger partial charge on any atom is 0.164 e. The zero-order chi connectivity index (χ0) is 35.3. The first-order chi connectivity index (χ1) is 26.0. The Hall–Kier alpha value is -6.85. The summed E-state index contributed by atoms with van der Waals surface area (Å²) in [6, 6.07) is 55.2. The number of hydrogen-bond donors (Lipinski definition) is 0. The fourth-order valence-corrected chi connectivity index (χ4v) is 8.71. The molecule has 0 atom stereocenters. The fourth-order valence-electron chi connectivity index (χ4n) is 8.71. The van der Waals surface area contributed by atoms with Crippen LogP contribution in [0.25, 0.3) is 94.7 Å². The van der Waals surface area contributed by atoms with E-state index in [4.69, 9.17) is 19.4 Å². The van der Waals surface area contributed by atoms with Gasteiger partial charge in [-0.05, 0) is 58.7 Å². The third kappa shape index (κ3) is 4.34. The van der Waals surface area contributed by atoms with Crippen LogP contribution in [0.15, 0.2) is 162 Å². The van der Waals surface area contributed by atoms with E-state index in [0.29, 0.717) is 17.5 Å². The second-order valence-electron chi connectivity index (χ2n) is 14.4. The van der Waals surface area contributed by atoms with Gasteiger partial charge in [0.05, 0.1) is 11.0 Å². The van der Waals surface area contributed by atoms with E-state index in [1.54, 1.807) is 0 Å². The Labute approximate surface area is 305 Å². The molecule has 0 saturated heterocycles. The highest BCUT2D eigenvalue weighted by Gasteiger charge is 2.38. The van der Waals surface area contributed by atoms with E-state index in [2.05, 4.69) is 146 Å². The van der Waals surface area contributed by atoms with E-state index in [1.165, 1.54) is 33.0 Å². The number of fused-ring (bicyclic) bond motifs is 9. The van der Waals surface area contributed by atoms with Crippen LogP contribution < -0.4 is 0 Å². The molecule has 0 bridgehead atoms. The third-order valence-corrected chi connectivity index (χ3v) is 11.0. The molecule has 250 valence electrons. The lowest BCUT2D eigenvalue weighted by Crippen LogP contribution is -2.17. The standard InChI is InChI=1S/C48H32N4O/c1-48(2)38-22-9-6-16-31(38)34-19-12-21-36(44(34)48)47-50-45(29-14-4-3-5-15-29)49-46(51-47)35-20-13-25-42-43(35)37-28-30(26-27-41(37)53-42)52-39-23-10-7-17-32(39)33-18-8-11-24-40(33)52/h3-28H,1-2H3. The molecular weight excluding hydrogens is 649 g/mol. The monoisotopic (exact) mass is 680 g/mol. The molecule has 53 heavy (non-hydrogen) atoms. The van der Waals surface area contributed by atoms with Crippen LogP contribution in [0.1, 0.15) is 25.0 Å².